The minimum absolute atomic E-state index is 0.441. The van der Waals surface area contributed by atoms with Crippen LogP contribution >= 0.6 is 0 Å². The van der Waals surface area contributed by atoms with Gasteiger partial charge in [0.25, 0.3) is 0 Å². The van der Waals surface area contributed by atoms with Gasteiger partial charge in [-0.15, -0.1) is 0 Å². The summed E-state index contributed by atoms with van der Waals surface area (Å²) in [6.07, 6.45) is 1.28. The molecule has 0 radical (unpaired) electrons. The largest absolute Gasteiger partial charge is 0.342 e. The predicted molar refractivity (Wildman–Crippen MR) is 95.6 cm³/mol. The third kappa shape index (κ3) is 2.74. The number of nitrogens with zero attached hydrogens (tertiary/aromatic N) is 2. The Morgan fingerprint density at radius 1 is 1.00 bits per heavy atom. The van der Waals surface area contributed by atoms with Crippen molar-refractivity contribution < 1.29 is 8.42 Å². The molecule has 0 spiro atoms. The van der Waals surface area contributed by atoms with Gasteiger partial charge in [0.05, 0.1) is 4.90 Å². The van der Waals surface area contributed by atoms with Crippen molar-refractivity contribution in [3.8, 4) is 0 Å². The minimum atomic E-state index is -3.20. The van der Waals surface area contributed by atoms with Gasteiger partial charge < -0.3 is 4.57 Å². The smallest absolute Gasteiger partial charge is 0.175 e. The summed E-state index contributed by atoms with van der Waals surface area (Å²) in [7, 11) is -3.20. The van der Waals surface area contributed by atoms with Crippen LogP contribution in [0.1, 0.15) is 11.3 Å². The zero-order valence-corrected chi connectivity index (χ0v) is 14.5. The fourth-order valence-electron chi connectivity index (χ4n) is 3.58. The number of benzene rings is 2. The van der Waals surface area contributed by atoms with Crippen molar-refractivity contribution in [2.45, 2.75) is 24.5 Å². The molecule has 1 aliphatic rings. The van der Waals surface area contributed by atoms with Gasteiger partial charge in [-0.1, -0.05) is 36.4 Å². The van der Waals surface area contributed by atoms with Gasteiger partial charge in [-0.3, -0.25) is 4.90 Å². The molecule has 0 unspecified atom stereocenters. The molecule has 0 saturated heterocycles. The highest BCUT2D eigenvalue weighted by atomic mass is 32.2. The normalized spacial score (nSPS) is 15.5. The summed E-state index contributed by atoms with van der Waals surface area (Å²) in [5, 5.41) is 1.27. The molecular weight excluding hydrogens is 320 g/mol. The van der Waals surface area contributed by atoms with Crippen molar-refractivity contribution in [1.29, 1.82) is 0 Å². The molecule has 4 rings (SSSR count). The first-order valence-electron chi connectivity index (χ1n) is 8.10. The Kier molecular flexibility index (Phi) is 3.70. The second-order valence-electron chi connectivity index (χ2n) is 6.44. The van der Waals surface area contributed by atoms with Gasteiger partial charge in [0.15, 0.2) is 9.84 Å². The predicted octanol–water partition coefficient (Wildman–Crippen LogP) is 3.06. The molecule has 5 heteroatoms. The molecule has 3 aromatic rings. The van der Waals surface area contributed by atoms with Crippen molar-refractivity contribution in [3.63, 3.8) is 0 Å². The first kappa shape index (κ1) is 15.4. The lowest BCUT2D eigenvalue weighted by Crippen LogP contribution is -2.33. The number of para-hydroxylation sites is 1. The maximum absolute atomic E-state index is 12.0. The molecule has 0 saturated carbocycles. The number of hydrogen-bond donors (Lipinski definition) is 0. The number of hydrogen-bond acceptors (Lipinski definition) is 3. The highest BCUT2D eigenvalue weighted by Gasteiger charge is 2.20. The van der Waals surface area contributed by atoms with Crippen LogP contribution in [0.3, 0.4) is 0 Å². The molecule has 124 valence electrons. The van der Waals surface area contributed by atoms with E-state index in [9.17, 15) is 8.42 Å². The number of rotatable bonds is 3. The van der Waals surface area contributed by atoms with Crippen LogP contribution in [0.2, 0.25) is 0 Å². The van der Waals surface area contributed by atoms with E-state index < -0.39 is 9.84 Å². The molecular formula is C19H20N2O2S. The molecule has 1 aromatic heterocycles. The topological polar surface area (TPSA) is 42.3 Å². The van der Waals surface area contributed by atoms with E-state index in [1.807, 2.05) is 12.1 Å². The second kappa shape index (κ2) is 5.76. The van der Waals surface area contributed by atoms with E-state index >= 15 is 0 Å². The summed E-state index contributed by atoms with van der Waals surface area (Å²) in [5.74, 6) is 0. The molecule has 2 aromatic carbocycles. The van der Waals surface area contributed by atoms with Crippen molar-refractivity contribution in [3.05, 3.63) is 65.9 Å². The highest BCUT2D eigenvalue weighted by Crippen LogP contribution is 2.26. The van der Waals surface area contributed by atoms with Gasteiger partial charge in [0.1, 0.15) is 0 Å². The van der Waals surface area contributed by atoms with Crippen LogP contribution in [0, 0.1) is 0 Å². The Morgan fingerprint density at radius 3 is 2.58 bits per heavy atom. The molecule has 0 fully saturated rings. The van der Waals surface area contributed by atoms with Crippen molar-refractivity contribution >= 4 is 20.7 Å². The van der Waals surface area contributed by atoms with Gasteiger partial charge >= 0.3 is 0 Å². The zero-order valence-electron chi connectivity index (χ0n) is 13.6. The Labute approximate surface area is 142 Å². The van der Waals surface area contributed by atoms with E-state index in [0.29, 0.717) is 11.4 Å². The molecule has 0 N–H and O–H groups in total. The number of aromatic nitrogens is 1. The maximum Gasteiger partial charge on any atom is 0.175 e. The number of fused-ring (bicyclic) bond motifs is 3. The molecule has 1 aliphatic heterocycles. The molecule has 0 atom stereocenters. The van der Waals surface area contributed by atoms with Crippen molar-refractivity contribution in [2.24, 2.45) is 0 Å². The van der Waals surface area contributed by atoms with E-state index in [4.69, 9.17) is 0 Å². The molecule has 2 heterocycles. The van der Waals surface area contributed by atoms with Crippen LogP contribution in [0.4, 0.5) is 0 Å². The summed E-state index contributed by atoms with van der Waals surface area (Å²) in [4.78, 5) is 2.76. The highest BCUT2D eigenvalue weighted by molar-refractivity contribution is 7.90. The van der Waals surface area contributed by atoms with Crippen molar-refractivity contribution in [1.82, 2.24) is 9.47 Å². The zero-order chi connectivity index (χ0) is 16.7. The molecule has 0 bridgehead atoms. The van der Waals surface area contributed by atoms with E-state index in [1.54, 1.807) is 12.1 Å². The first-order valence-corrected chi connectivity index (χ1v) is 9.99. The fraction of sp³-hybridized carbons (Fsp3) is 0.263. The maximum atomic E-state index is 12.0. The van der Waals surface area contributed by atoms with Gasteiger partial charge in [-0.05, 0) is 29.1 Å². The summed E-state index contributed by atoms with van der Waals surface area (Å²) < 4.78 is 26.3. The lowest BCUT2D eigenvalue weighted by atomic mass is 10.2. The quantitative estimate of drug-likeness (QED) is 0.736. The van der Waals surface area contributed by atoms with Crippen LogP contribution in [-0.4, -0.2) is 30.7 Å². The monoisotopic (exact) mass is 340 g/mol. The first-order chi connectivity index (χ1) is 11.5. The van der Waals surface area contributed by atoms with E-state index in [2.05, 4.69) is 39.8 Å². The van der Waals surface area contributed by atoms with E-state index in [1.165, 1.54) is 22.9 Å². The standard InChI is InChI=1S/C19H20N2O2S/c1-24(22,23)19-9-5-3-7-16(19)13-20-10-11-21-17(14-20)12-15-6-2-4-8-18(15)21/h2-9,12H,10-11,13-14H2,1H3. The second-order valence-corrected chi connectivity index (χ2v) is 8.42. The van der Waals surface area contributed by atoms with Crippen LogP contribution in [0.25, 0.3) is 10.9 Å². The van der Waals surface area contributed by atoms with Gasteiger partial charge in [0.2, 0.25) is 0 Å². The minimum Gasteiger partial charge on any atom is -0.342 e. The Bertz CT molecular complexity index is 1010. The van der Waals surface area contributed by atoms with Crippen LogP contribution in [0.5, 0.6) is 0 Å². The molecule has 4 nitrogen and oxygen atoms in total. The van der Waals surface area contributed by atoms with Crippen LogP contribution < -0.4 is 0 Å². The van der Waals surface area contributed by atoms with E-state index in [0.717, 1.165) is 25.2 Å². The van der Waals surface area contributed by atoms with E-state index in [-0.39, 0.29) is 0 Å². The van der Waals surface area contributed by atoms with Gasteiger partial charge in [-0.2, -0.15) is 0 Å². The summed E-state index contributed by atoms with van der Waals surface area (Å²) in [6.45, 7) is 3.35. The lowest BCUT2D eigenvalue weighted by Gasteiger charge is -2.29. The molecule has 0 aliphatic carbocycles. The Morgan fingerprint density at radius 2 is 1.75 bits per heavy atom. The third-order valence-electron chi connectivity index (χ3n) is 4.69. The Balaban J connectivity index is 1.62. The molecule has 0 amide bonds. The summed E-state index contributed by atoms with van der Waals surface area (Å²) in [5.41, 5.74) is 3.45. The average Bonchev–Trinajstić information content (AvgIpc) is 2.92. The summed E-state index contributed by atoms with van der Waals surface area (Å²) >= 11 is 0. The SMILES string of the molecule is CS(=O)(=O)c1ccccc1CN1CCn2c(cc3ccccc32)C1. The fourth-order valence-corrected chi connectivity index (χ4v) is 4.52. The van der Waals surface area contributed by atoms with Crippen LogP contribution in [-0.2, 0) is 29.5 Å². The summed E-state index contributed by atoms with van der Waals surface area (Å²) in [6, 6.07) is 18.0. The Hall–Kier alpha value is -2.11. The van der Waals surface area contributed by atoms with Gasteiger partial charge in [-0.25, -0.2) is 8.42 Å². The third-order valence-corrected chi connectivity index (χ3v) is 5.89. The van der Waals surface area contributed by atoms with Crippen molar-refractivity contribution in [2.75, 3.05) is 12.8 Å². The lowest BCUT2D eigenvalue weighted by molar-refractivity contribution is 0.213. The average molecular weight is 340 g/mol. The van der Waals surface area contributed by atoms with Crippen LogP contribution in [0.15, 0.2) is 59.5 Å². The number of sulfone groups is 1. The molecule has 24 heavy (non-hydrogen) atoms. The van der Waals surface area contributed by atoms with Gasteiger partial charge in [0, 0.05) is 43.6 Å².